The average Bonchev–Trinajstić information content (AvgIpc) is 2.87. The van der Waals surface area contributed by atoms with E-state index in [1.807, 2.05) is 30.3 Å². The van der Waals surface area contributed by atoms with E-state index in [0.29, 0.717) is 17.1 Å². The number of rotatable bonds is 11. The highest BCUT2D eigenvalue weighted by atomic mass is 35.5. The molecule has 0 spiro atoms. The molecule has 0 aromatic heterocycles. The minimum Gasteiger partial charge on any atom is -0.355 e. The second-order valence-electron chi connectivity index (χ2n) is 8.91. The first-order valence-corrected chi connectivity index (χ1v) is 14.3. The van der Waals surface area contributed by atoms with Gasteiger partial charge in [0.2, 0.25) is 21.8 Å². The number of amides is 2. The van der Waals surface area contributed by atoms with Crippen molar-refractivity contribution < 1.29 is 22.4 Å². The molecule has 202 valence electrons. The zero-order valence-corrected chi connectivity index (χ0v) is 23.1. The van der Waals surface area contributed by atoms with Gasteiger partial charge in [-0.1, -0.05) is 66.2 Å². The first-order chi connectivity index (χ1) is 18.0. The van der Waals surface area contributed by atoms with E-state index < -0.39 is 40.2 Å². The van der Waals surface area contributed by atoms with Gasteiger partial charge in [-0.3, -0.25) is 13.9 Å². The standard InChI is InChI=1S/C28H31ClFN3O4S/c1-4-31-28(35)26(16-21-10-6-5-7-11-21)32(18-22-12-8-9-13-24(22)30)27(34)19-33(38(3,36)37)25-17-23(29)15-14-20(25)2/h5-15,17,26H,4,16,18-19H2,1-3H3,(H,31,35). The van der Waals surface area contributed by atoms with Crippen LogP contribution in [0.2, 0.25) is 5.02 Å². The molecule has 0 heterocycles. The van der Waals surface area contributed by atoms with Crippen molar-refractivity contribution in [1.82, 2.24) is 10.2 Å². The fourth-order valence-corrected chi connectivity index (χ4v) is 5.17. The molecule has 0 saturated carbocycles. The lowest BCUT2D eigenvalue weighted by Crippen LogP contribution is -2.53. The number of likely N-dealkylation sites (N-methyl/N-ethyl adjacent to an activating group) is 1. The van der Waals surface area contributed by atoms with Crippen LogP contribution in [-0.4, -0.2) is 50.5 Å². The highest BCUT2D eigenvalue weighted by Gasteiger charge is 2.33. The molecule has 3 aromatic carbocycles. The summed E-state index contributed by atoms with van der Waals surface area (Å²) in [6.45, 7) is 2.96. The second kappa shape index (κ2) is 12.9. The molecule has 3 rings (SSSR count). The van der Waals surface area contributed by atoms with Gasteiger partial charge in [0.1, 0.15) is 18.4 Å². The Balaban J connectivity index is 2.08. The van der Waals surface area contributed by atoms with E-state index in [9.17, 15) is 22.4 Å². The number of nitrogens with zero attached hydrogens (tertiary/aromatic N) is 2. The van der Waals surface area contributed by atoms with E-state index in [0.717, 1.165) is 16.1 Å². The SMILES string of the molecule is CCNC(=O)C(Cc1ccccc1)N(Cc1ccccc1F)C(=O)CN(c1cc(Cl)ccc1C)S(C)(=O)=O. The monoisotopic (exact) mass is 559 g/mol. The molecule has 3 aromatic rings. The van der Waals surface area contributed by atoms with Crippen molar-refractivity contribution >= 4 is 39.1 Å². The smallest absolute Gasteiger partial charge is 0.244 e. The molecule has 2 amide bonds. The lowest BCUT2D eigenvalue weighted by Gasteiger charge is -2.33. The number of hydrogen-bond acceptors (Lipinski definition) is 4. The summed E-state index contributed by atoms with van der Waals surface area (Å²) in [5.41, 5.74) is 1.84. The maximum atomic E-state index is 14.7. The van der Waals surface area contributed by atoms with Crippen LogP contribution in [0.25, 0.3) is 0 Å². The third kappa shape index (κ3) is 7.55. The van der Waals surface area contributed by atoms with Gasteiger partial charge in [0, 0.05) is 30.1 Å². The number of aryl methyl sites for hydroxylation is 1. The third-order valence-electron chi connectivity index (χ3n) is 6.04. The molecule has 1 N–H and O–H groups in total. The van der Waals surface area contributed by atoms with Gasteiger partial charge in [-0.2, -0.15) is 0 Å². The summed E-state index contributed by atoms with van der Waals surface area (Å²) in [5, 5.41) is 3.06. The second-order valence-corrected chi connectivity index (χ2v) is 11.3. The van der Waals surface area contributed by atoms with Crippen LogP contribution in [0.3, 0.4) is 0 Å². The Bertz CT molecular complexity index is 1390. The van der Waals surface area contributed by atoms with Crippen molar-refractivity contribution in [3.63, 3.8) is 0 Å². The average molecular weight is 560 g/mol. The summed E-state index contributed by atoms with van der Waals surface area (Å²) in [5.74, 6) is -1.62. The van der Waals surface area contributed by atoms with Gasteiger partial charge in [0.25, 0.3) is 0 Å². The number of halogens is 2. The van der Waals surface area contributed by atoms with Crippen molar-refractivity contribution in [3.8, 4) is 0 Å². The molecule has 0 saturated heterocycles. The third-order valence-corrected chi connectivity index (χ3v) is 7.40. The Morgan fingerprint density at radius 3 is 2.32 bits per heavy atom. The van der Waals surface area contributed by atoms with Crippen LogP contribution in [0.15, 0.2) is 72.8 Å². The lowest BCUT2D eigenvalue weighted by molar-refractivity contribution is -0.140. The molecule has 0 aliphatic rings. The van der Waals surface area contributed by atoms with Crippen LogP contribution in [0.4, 0.5) is 10.1 Å². The quantitative estimate of drug-likeness (QED) is 0.379. The molecule has 1 unspecified atom stereocenters. The summed E-state index contributed by atoms with van der Waals surface area (Å²) in [6, 6.07) is 18.8. The van der Waals surface area contributed by atoms with Gasteiger partial charge in [-0.15, -0.1) is 0 Å². The van der Waals surface area contributed by atoms with Crippen LogP contribution in [0.1, 0.15) is 23.6 Å². The van der Waals surface area contributed by atoms with Crippen molar-refractivity contribution in [3.05, 3.63) is 100 Å². The Morgan fingerprint density at radius 2 is 1.68 bits per heavy atom. The van der Waals surface area contributed by atoms with Crippen LogP contribution >= 0.6 is 11.6 Å². The van der Waals surface area contributed by atoms with Gasteiger partial charge in [-0.25, -0.2) is 12.8 Å². The zero-order valence-electron chi connectivity index (χ0n) is 21.5. The molecule has 0 radical (unpaired) electrons. The van der Waals surface area contributed by atoms with E-state index >= 15 is 0 Å². The van der Waals surface area contributed by atoms with E-state index in [4.69, 9.17) is 11.6 Å². The van der Waals surface area contributed by atoms with Crippen LogP contribution in [0, 0.1) is 12.7 Å². The summed E-state index contributed by atoms with van der Waals surface area (Å²) in [4.78, 5) is 28.4. The molecule has 0 aliphatic carbocycles. The fraction of sp³-hybridized carbons (Fsp3) is 0.286. The molecular weight excluding hydrogens is 529 g/mol. The molecule has 0 bridgehead atoms. The minimum atomic E-state index is -3.93. The number of carbonyl (C=O) groups excluding carboxylic acids is 2. The number of nitrogens with one attached hydrogen (secondary N) is 1. The molecule has 0 fully saturated rings. The molecule has 0 aliphatic heterocycles. The van der Waals surface area contributed by atoms with E-state index in [1.54, 1.807) is 32.0 Å². The summed E-state index contributed by atoms with van der Waals surface area (Å²) >= 11 is 6.14. The van der Waals surface area contributed by atoms with Gasteiger partial charge >= 0.3 is 0 Å². The van der Waals surface area contributed by atoms with Crippen LogP contribution < -0.4 is 9.62 Å². The molecule has 1 atom stereocenters. The molecule has 10 heteroatoms. The predicted molar refractivity (Wildman–Crippen MR) is 148 cm³/mol. The Labute approximate surface area is 228 Å². The fourth-order valence-electron chi connectivity index (χ4n) is 4.10. The van der Waals surface area contributed by atoms with Gasteiger partial charge in [-0.05, 0) is 43.2 Å². The van der Waals surface area contributed by atoms with Gasteiger partial charge < -0.3 is 10.2 Å². The predicted octanol–water partition coefficient (Wildman–Crippen LogP) is 4.33. The number of hydrogen-bond donors (Lipinski definition) is 1. The zero-order chi connectivity index (χ0) is 27.9. The Hall–Kier alpha value is -3.43. The summed E-state index contributed by atoms with van der Waals surface area (Å²) < 4.78 is 41.3. The first kappa shape index (κ1) is 29.1. The summed E-state index contributed by atoms with van der Waals surface area (Å²) in [6.07, 6.45) is 1.15. The topological polar surface area (TPSA) is 86.8 Å². The van der Waals surface area contributed by atoms with E-state index in [-0.39, 0.29) is 24.2 Å². The maximum Gasteiger partial charge on any atom is 0.244 e. The number of sulfonamides is 1. The Morgan fingerprint density at radius 1 is 1.03 bits per heavy atom. The minimum absolute atomic E-state index is 0.155. The van der Waals surface area contributed by atoms with Gasteiger partial charge in [0.05, 0.1) is 11.9 Å². The molecule has 38 heavy (non-hydrogen) atoms. The van der Waals surface area contributed by atoms with Crippen LogP contribution in [0.5, 0.6) is 0 Å². The molecular formula is C28H31ClFN3O4S. The van der Waals surface area contributed by atoms with Crippen molar-refractivity contribution in [2.24, 2.45) is 0 Å². The normalized spacial score (nSPS) is 12.0. The maximum absolute atomic E-state index is 14.7. The number of benzene rings is 3. The van der Waals surface area contributed by atoms with Gasteiger partial charge in [0.15, 0.2) is 0 Å². The highest BCUT2D eigenvalue weighted by molar-refractivity contribution is 7.92. The van der Waals surface area contributed by atoms with E-state index in [2.05, 4.69) is 5.32 Å². The lowest BCUT2D eigenvalue weighted by atomic mass is 10.0. The molecule has 7 nitrogen and oxygen atoms in total. The van der Waals surface area contributed by atoms with Crippen LogP contribution in [-0.2, 0) is 32.6 Å². The van der Waals surface area contributed by atoms with Crippen molar-refractivity contribution in [2.45, 2.75) is 32.9 Å². The Kier molecular flexibility index (Phi) is 9.88. The first-order valence-electron chi connectivity index (χ1n) is 12.1. The number of carbonyl (C=O) groups is 2. The number of anilines is 1. The van der Waals surface area contributed by atoms with E-state index in [1.165, 1.54) is 29.2 Å². The largest absolute Gasteiger partial charge is 0.355 e. The van der Waals surface area contributed by atoms with Crippen molar-refractivity contribution in [2.75, 3.05) is 23.7 Å². The van der Waals surface area contributed by atoms with Crippen molar-refractivity contribution in [1.29, 1.82) is 0 Å². The summed E-state index contributed by atoms with van der Waals surface area (Å²) in [7, 11) is -3.93. The highest BCUT2D eigenvalue weighted by Crippen LogP contribution is 2.27.